The van der Waals surface area contributed by atoms with Gasteiger partial charge in [-0.15, -0.1) is 0 Å². The summed E-state index contributed by atoms with van der Waals surface area (Å²) in [5, 5.41) is 10.4. The Kier molecular flexibility index (Phi) is 3.32. The summed E-state index contributed by atoms with van der Waals surface area (Å²) in [6.07, 6.45) is -4.83. The molecule has 0 fully saturated rings. The molecule has 0 aliphatic carbocycles. The lowest BCUT2D eigenvalue weighted by Gasteiger charge is -2.11. The van der Waals surface area contributed by atoms with E-state index < -0.39 is 32.4 Å². The van der Waals surface area contributed by atoms with Crippen molar-refractivity contribution in [3.63, 3.8) is 0 Å². The van der Waals surface area contributed by atoms with Gasteiger partial charge in [-0.3, -0.25) is 14.9 Å². The summed E-state index contributed by atoms with van der Waals surface area (Å²) < 4.78 is 36.8. The van der Waals surface area contributed by atoms with E-state index in [0.717, 1.165) is 12.1 Å². The second-order valence-electron chi connectivity index (χ2n) is 2.74. The van der Waals surface area contributed by atoms with Crippen molar-refractivity contribution in [3.05, 3.63) is 37.8 Å². The zero-order valence-electron chi connectivity index (χ0n) is 7.42. The Morgan fingerprint density at radius 2 is 1.94 bits per heavy atom. The normalized spacial score (nSPS) is 11.2. The fourth-order valence-electron chi connectivity index (χ4n) is 1.11. The number of hydrogen-bond acceptors (Lipinski definition) is 3. The van der Waals surface area contributed by atoms with Gasteiger partial charge in [0.2, 0.25) is 0 Å². The maximum Gasteiger partial charge on any atom is 0.418 e. The van der Waals surface area contributed by atoms with E-state index in [1.54, 1.807) is 0 Å². The minimum Gasteiger partial charge on any atom is -0.298 e. The standard InChI is InChI=1S/C8H3BrF3NO3/c9-7-5(13(15)16)2-1-4(3-14)6(7)8(10,11)12/h1-3H. The van der Waals surface area contributed by atoms with E-state index in [2.05, 4.69) is 15.9 Å². The quantitative estimate of drug-likeness (QED) is 0.478. The molecule has 0 saturated heterocycles. The number of nitrogens with zero attached hydrogens (tertiary/aromatic N) is 1. The molecule has 4 nitrogen and oxygen atoms in total. The molecule has 0 amide bonds. The van der Waals surface area contributed by atoms with Crippen LogP contribution in [0.1, 0.15) is 15.9 Å². The molecule has 0 bridgehead atoms. The summed E-state index contributed by atoms with van der Waals surface area (Å²) in [6.45, 7) is 0. The second kappa shape index (κ2) is 4.20. The molecule has 0 unspecified atom stereocenters. The Morgan fingerprint density at radius 3 is 2.31 bits per heavy atom. The van der Waals surface area contributed by atoms with Crippen LogP contribution in [0.25, 0.3) is 0 Å². The number of halogens is 4. The van der Waals surface area contributed by atoms with Crippen LogP contribution in [0.2, 0.25) is 0 Å². The lowest BCUT2D eigenvalue weighted by Crippen LogP contribution is -2.11. The number of aldehydes is 1. The predicted molar refractivity (Wildman–Crippen MR) is 51.2 cm³/mol. The number of alkyl halides is 3. The van der Waals surface area contributed by atoms with Crippen LogP contribution in [0, 0.1) is 10.1 Å². The van der Waals surface area contributed by atoms with Crippen LogP contribution >= 0.6 is 15.9 Å². The number of carbonyl (C=O) groups is 1. The molecule has 86 valence electrons. The van der Waals surface area contributed by atoms with Gasteiger partial charge in [0.25, 0.3) is 5.69 Å². The van der Waals surface area contributed by atoms with Gasteiger partial charge < -0.3 is 0 Å². The third-order valence-corrected chi connectivity index (χ3v) is 2.56. The van der Waals surface area contributed by atoms with E-state index in [1.807, 2.05) is 0 Å². The van der Waals surface area contributed by atoms with Gasteiger partial charge in [-0.05, 0) is 22.0 Å². The summed E-state index contributed by atoms with van der Waals surface area (Å²) >= 11 is 2.49. The number of nitro benzene ring substituents is 1. The van der Waals surface area contributed by atoms with E-state index >= 15 is 0 Å². The summed E-state index contributed by atoms with van der Waals surface area (Å²) in [7, 11) is 0. The first kappa shape index (κ1) is 12.6. The Labute approximate surface area is 95.3 Å². The average molecular weight is 298 g/mol. The summed E-state index contributed by atoms with van der Waals surface area (Å²) in [6, 6.07) is 1.60. The highest BCUT2D eigenvalue weighted by Gasteiger charge is 2.38. The summed E-state index contributed by atoms with van der Waals surface area (Å²) in [5.41, 5.74) is -2.72. The van der Waals surface area contributed by atoms with Crippen LogP contribution in [-0.2, 0) is 6.18 Å². The molecule has 1 aromatic carbocycles. The molecule has 8 heteroatoms. The molecule has 16 heavy (non-hydrogen) atoms. The van der Waals surface area contributed by atoms with E-state index in [-0.39, 0.29) is 6.29 Å². The van der Waals surface area contributed by atoms with Crippen LogP contribution in [0.5, 0.6) is 0 Å². The molecule has 0 N–H and O–H groups in total. The lowest BCUT2D eigenvalue weighted by molar-refractivity contribution is -0.386. The van der Waals surface area contributed by atoms with Gasteiger partial charge in [-0.2, -0.15) is 13.2 Å². The smallest absolute Gasteiger partial charge is 0.298 e. The monoisotopic (exact) mass is 297 g/mol. The number of benzene rings is 1. The Morgan fingerprint density at radius 1 is 1.38 bits per heavy atom. The van der Waals surface area contributed by atoms with Crippen LogP contribution in [-0.4, -0.2) is 11.2 Å². The van der Waals surface area contributed by atoms with E-state index in [0.29, 0.717) is 0 Å². The third kappa shape index (κ3) is 2.21. The molecule has 0 atom stereocenters. The first-order valence-electron chi connectivity index (χ1n) is 3.78. The predicted octanol–water partition coefficient (Wildman–Crippen LogP) is 3.19. The minimum absolute atomic E-state index is 0.00267. The molecule has 0 saturated carbocycles. The molecule has 0 radical (unpaired) electrons. The molecule has 0 heterocycles. The van der Waals surface area contributed by atoms with Gasteiger partial charge in [0, 0.05) is 11.6 Å². The Bertz CT molecular complexity index is 459. The highest BCUT2D eigenvalue weighted by atomic mass is 79.9. The zero-order chi connectivity index (χ0) is 12.5. The van der Waals surface area contributed by atoms with Crippen molar-refractivity contribution in [3.8, 4) is 0 Å². The highest BCUT2D eigenvalue weighted by Crippen LogP contribution is 2.41. The topological polar surface area (TPSA) is 60.2 Å². The summed E-state index contributed by atoms with van der Waals surface area (Å²) in [5.74, 6) is 0. The first-order valence-corrected chi connectivity index (χ1v) is 4.57. The lowest BCUT2D eigenvalue weighted by atomic mass is 10.1. The van der Waals surface area contributed by atoms with Crippen LogP contribution in [0.3, 0.4) is 0 Å². The van der Waals surface area contributed by atoms with Crippen molar-refractivity contribution in [2.45, 2.75) is 6.18 Å². The van der Waals surface area contributed by atoms with Gasteiger partial charge in [0.1, 0.15) is 4.47 Å². The van der Waals surface area contributed by atoms with Crippen LogP contribution < -0.4 is 0 Å². The summed E-state index contributed by atoms with van der Waals surface area (Å²) in [4.78, 5) is 19.9. The molecule has 1 rings (SSSR count). The Balaban J connectivity index is 3.59. The van der Waals surface area contributed by atoms with E-state index in [9.17, 15) is 28.1 Å². The SMILES string of the molecule is O=Cc1ccc([N+](=O)[O-])c(Br)c1C(F)(F)F. The maximum atomic E-state index is 12.5. The van der Waals surface area contributed by atoms with Gasteiger partial charge in [0.15, 0.2) is 6.29 Å². The molecule has 0 aromatic heterocycles. The van der Waals surface area contributed by atoms with Gasteiger partial charge in [-0.1, -0.05) is 0 Å². The number of carbonyl (C=O) groups excluding carboxylic acids is 1. The molecular formula is C8H3BrF3NO3. The first-order chi connectivity index (χ1) is 7.29. The van der Waals surface area contributed by atoms with Crippen molar-refractivity contribution in [1.29, 1.82) is 0 Å². The van der Waals surface area contributed by atoms with E-state index in [4.69, 9.17) is 0 Å². The van der Waals surface area contributed by atoms with Gasteiger partial charge in [-0.25, -0.2) is 0 Å². The molecule has 0 spiro atoms. The van der Waals surface area contributed by atoms with E-state index in [1.165, 1.54) is 0 Å². The van der Waals surface area contributed by atoms with Crippen molar-refractivity contribution in [1.82, 2.24) is 0 Å². The fourth-order valence-corrected chi connectivity index (χ4v) is 1.84. The second-order valence-corrected chi connectivity index (χ2v) is 3.53. The van der Waals surface area contributed by atoms with Gasteiger partial charge in [0.05, 0.1) is 10.5 Å². The zero-order valence-corrected chi connectivity index (χ0v) is 9.00. The number of nitro groups is 1. The molecule has 0 aliphatic heterocycles. The maximum absolute atomic E-state index is 12.5. The van der Waals surface area contributed by atoms with Crippen molar-refractivity contribution < 1.29 is 22.9 Å². The van der Waals surface area contributed by atoms with Crippen LogP contribution in [0.15, 0.2) is 16.6 Å². The third-order valence-electron chi connectivity index (χ3n) is 1.76. The average Bonchev–Trinajstić information content (AvgIpc) is 2.14. The molecule has 0 aliphatic rings. The van der Waals surface area contributed by atoms with Gasteiger partial charge >= 0.3 is 6.18 Å². The Hall–Kier alpha value is -1.44. The van der Waals surface area contributed by atoms with Crippen molar-refractivity contribution >= 4 is 27.9 Å². The fraction of sp³-hybridized carbons (Fsp3) is 0.125. The van der Waals surface area contributed by atoms with Crippen molar-refractivity contribution in [2.24, 2.45) is 0 Å². The van der Waals surface area contributed by atoms with Crippen LogP contribution in [0.4, 0.5) is 18.9 Å². The molecular weight excluding hydrogens is 295 g/mol. The molecule has 1 aromatic rings. The highest BCUT2D eigenvalue weighted by molar-refractivity contribution is 9.10. The minimum atomic E-state index is -4.83. The number of hydrogen-bond donors (Lipinski definition) is 0. The largest absolute Gasteiger partial charge is 0.418 e. The van der Waals surface area contributed by atoms with Crippen molar-refractivity contribution in [2.75, 3.05) is 0 Å². The number of rotatable bonds is 2.